The highest BCUT2D eigenvalue weighted by atomic mass is 35.5. The normalized spacial score (nSPS) is 10.1. The number of hydrogen-bond donors (Lipinski definition) is 0. The minimum absolute atomic E-state index is 0.0675. The zero-order chi connectivity index (χ0) is 19.4. The third kappa shape index (κ3) is 3.95. The summed E-state index contributed by atoms with van der Waals surface area (Å²) in [6, 6.07) is 24.5. The maximum absolute atomic E-state index is 11.3. The van der Waals surface area contributed by atoms with Gasteiger partial charge in [-0.1, -0.05) is 71.7 Å². The van der Waals surface area contributed by atoms with Crippen LogP contribution in [0.4, 0.5) is 0 Å². The number of carbonyl (C=O) groups is 1. The van der Waals surface area contributed by atoms with E-state index in [0.29, 0.717) is 15.6 Å². The minimum atomic E-state index is 0.0675. The van der Waals surface area contributed by atoms with E-state index in [4.69, 9.17) is 28.5 Å². The summed E-state index contributed by atoms with van der Waals surface area (Å²) in [4.78, 5) is 11.3. The number of benzene rings is 4. The van der Waals surface area contributed by atoms with Crippen molar-refractivity contribution >= 4 is 50.5 Å². The lowest BCUT2D eigenvalue weighted by atomic mass is 10.0. The van der Waals surface area contributed by atoms with Crippen LogP contribution in [-0.4, -0.2) is 5.78 Å². The molecule has 0 heterocycles. The molecule has 0 N–H and O–H groups in total. The molecule has 0 radical (unpaired) electrons. The molecule has 0 bridgehead atoms. The topological polar surface area (TPSA) is 40.9 Å². The predicted molar refractivity (Wildman–Crippen MR) is 113 cm³/mol. The molecule has 4 aromatic rings. The molecule has 0 atom stereocenters. The summed E-state index contributed by atoms with van der Waals surface area (Å²) in [6.07, 6.45) is 0. The lowest BCUT2D eigenvalue weighted by molar-refractivity contribution is 0.101. The van der Waals surface area contributed by atoms with Crippen LogP contribution in [0.2, 0.25) is 10.0 Å². The molecule has 0 saturated heterocycles. The maximum atomic E-state index is 11.3. The molecule has 0 aliphatic carbocycles. The first-order valence-corrected chi connectivity index (χ1v) is 9.04. The molecule has 4 rings (SSSR count). The number of halogens is 2. The molecule has 2 nitrogen and oxygen atoms in total. The number of ketones is 1. The second-order valence-electron chi connectivity index (χ2n) is 5.95. The van der Waals surface area contributed by atoms with Crippen LogP contribution in [0, 0.1) is 11.3 Å². The van der Waals surface area contributed by atoms with Crippen LogP contribution in [0.25, 0.3) is 21.5 Å². The maximum Gasteiger partial charge on any atom is 0.160 e. The van der Waals surface area contributed by atoms with Crippen molar-refractivity contribution in [3.8, 4) is 6.07 Å². The van der Waals surface area contributed by atoms with Crippen LogP contribution in [0.5, 0.6) is 0 Å². The second kappa shape index (κ2) is 8.22. The molecule has 0 aliphatic heterocycles. The third-order valence-electron chi connectivity index (χ3n) is 4.24. The molecule has 0 aromatic heterocycles. The molecule has 0 aliphatic rings. The van der Waals surface area contributed by atoms with Crippen molar-refractivity contribution in [3.63, 3.8) is 0 Å². The largest absolute Gasteiger partial charge is 0.294 e. The van der Waals surface area contributed by atoms with E-state index in [-0.39, 0.29) is 5.78 Å². The first-order valence-electron chi connectivity index (χ1n) is 8.28. The fourth-order valence-corrected chi connectivity index (χ4v) is 3.38. The van der Waals surface area contributed by atoms with E-state index in [9.17, 15) is 4.79 Å². The van der Waals surface area contributed by atoms with Gasteiger partial charge in [0.05, 0.1) is 11.6 Å². The number of fused-ring (bicyclic) bond motifs is 2. The van der Waals surface area contributed by atoms with Crippen molar-refractivity contribution in [2.45, 2.75) is 6.92 Å². The Balaban J connectivity index is 0.000000156. The zero-order valence-electron chi connectivity index (χ0n) is 14.5. The Hall–Kier alpha value is -2.86. The van der Waals surface area contributed by atoms with Crippen molar-refractivity contribution < 1.29 is 4.79 Å². The summed E-state index contributed by atoms with van der Waals surface area (Å²) in [7, 11) is 0. The summed E-state index contributed by atoms with van der Waals surface area (Å²) in [6.45, 7) is 1.57. The Morgan fingerprint density at radius 3 is 1.78 bits per heavy atom. The Morgan fingerprint density at radius 1 is 0.741 bits per heavy atom. The van der Waals surface area contributed by atoms with E-state index in [1.807, 2.05) is 48.5 Å². The average molecular weight is 392 g/mol. The SMILES string of the molecule is CC(=O)c1ccc(Cl)c2ccccc12.N#Cc1ccc(Cl)c2ccccc12. The van der Waals surface area contributed by atoms with Crippen LogP contribution in [0.3, 0.4) is 0 Å². The lowest BCUT2D eigenvalue weighted by Gasteiger charge is -2.04. The fourth-order valence-electron chi connectivity index (χ4n) is 2.93. The van der Waals surface area contributed by atoms with Crippen LogP contribution in [-0.2, 0) is 0 Å². The highest BCUT2D eigenvalue weighted by Gasteiger charge is 2.06. The van der Waals surface area contributed by atoms with E-state index < -0.39 is 0 Å². The Morgan fingerprint density at radius 2 is 1.22 bits per heavy atom. The minimum Gasteiger partial charge on any atom is -0.294 e. The van der Waals surface area contributed by atoms with Gasteiger partial charge < -0.3 is 0 Å². The van der Waals surface area contributed by atoms with Gasteiger partial charge in [0.1, 0.15) is 0 Å². The second-order valence-corrected chi connectivity index (χ2v) is 6.76. The Kier molecular flexibility index (Phi) is 5.76. The van der Waals surface area contributed by atoms with Gasteiger partial charge in [0.2, 0.25) is 0 Å². The van der Waals surface area contributed by atoms with E-state index >= 15 is 0 Å². The third-order valence-corrected chi connectivity index (χ3v) is 4.90. The molecular formula is C23H15Cl2NO. The van der Waals surface area contributed by atoms with Gasteiger partial charge >= 0.3 is 0 Å². The number of carbonyl (C=O) groups excluding carboxylic acids is 1. The quantitative estimate of drug-likeness (QED) is 0.325. The van der Waals surface area contributed by atoms with Crippen LogP contribution < -0.4 is 0 Å². The lowest BCUT2D eigenvalue weighted by Crippen LogP contribution is -1.93. The summed E-state index contributed by atoms with van der Waals surface area (Å²) in [5.41, 5.74) is 1.39. The molecule has 27 heavy (non-hydrogen) atoms. The first-order chi connectivity index (χ1) is 13.0. The van der Waals surface area contributed by atoms with Gasteiger partial charge in [-0.05, 0) is 36.6 Å². The number of Topliss-reactive ketones (excluding diaryl/α,β-unsaturated/α-hetero) is 1. The van der Waals surface area contributed by atoms with Gasteiger partial charge in [0.15, 0.2) is 5.78 Å². The van der Waals surface area contributed by atoms with E-state index in [0.717, 1.165) is 27.1 Å². The van der Waals surface area contributed by atoms with Gasteiger partial charge in [-0.2, -0.15) is 5.26 Å². The molecule has 4 heteroatoms. The van der Waals surface area contributed by atoms with Crippen LogP contribution >= 0.6 is 23.2 Å². The standard InChI is InChI=1S/C12H9ClO.C11H6ClN/c1-8(14)9-6-7-12(13)11-5-3-2-4-10(9)11;12-11-6-5-8(7-13)9-3-1-2-4-10(9)11/h2-7H,1H3;1-6H. The zero-order valence-corrected chi connectivity index (χ0v) is 16.1. The predicted octanol–water partition coefficient (Wildman–Crippen LogP) is 7.06. The highest BCUT2D eigenvalue weighted by molar-refractivity contribution is 6.36. The molecule has 0 saturated carbocycles. The van der Waals surface area contributed by atoms with Crippen LogP contribution in [0.15, 0.2) is 72.8 Å². The number of nitrogens with zero attached hydrogens (tertiary/aromatic N) is 1. The van der Waals surface area contributed by atoms with Crippen LogP contribution in [0.1, 0.15) is 22.8 Å². The van der Waals surface area contributed by atoms with Crippen molar-refractivity contribution in [3.05, 3.63) is 94.0 Å². The van der Waals surface area contributed by atoms with E-state index in [2.05, 4.69) is 6.07 Å². The fraction of sp³-hybridized carbons (Fsp3) is 0.0435. The summed E-state index contributed by atoms with van der Waals surface area (Å²) >= 11 is 12.0. The molecule has 0 fully saturated rings. The summed E-state index contributed by atoms with van der Waals surface area (Å²) in [5, 5.41) is 13.9. The number of hydrogen-bond acceptors (Lipinski definition) is 2. The highest BCUT2D eigenvalue weighted by Crippen LogP contribution is 2.27. The molecule has 132 valence electrons. The first kappa shape index (κ1) is 18.9. The van der Waals surface area contributed by atoms with Crippen molar-refractivity contribution in [1.29, 1.82) is 5.26 Å². The van der Waals surface area contributed by atoms with E-state index in [1.165, 1.54) is 0 Å². The Bertz CT molecular complexity index is 1190. The molecule has 0 amide bonds. The molecule has 0 unspecified atom stereocenters. The van der Waals surface area contributed by atoms with Gasteiger partial charge in [-0.15, -0.1) is 0 Å². The Labute approximate surface area is 167 Å². The van der Waals surface area contributed by atoms with Gasteiger partial charge in [0.25, 0.3) is 0 Å². The number of nitriles is 1. The number of rotatable bonds is 1. The molecular weight excluding hydrogens is 377 g/mol. The smallest absolute Gasteiger partial charge is 0.160 e. The van der Waals surface area contributed by atoms with E-state index in [1.54, 1.807) is 31.2 Å². The van der Waals surface area contributed by atoms with Crippen molar-refractivity contribution in [1.82, 2.24) is 0 Å². The molecule has 4 aromatic carbocycles. The molecule has 0 spiro atoms. The van der Waals surface area contributed by atoms with Gasteiger partial charge in [-0.25, -0.2) is 0 Å². The van der Waals surface area contributed by atoms with Crippen molar-refractivity contribution in [2.24, 2.45) is 0 Å². The van der Waals surface area contributed by atoms with Gasteiger partial charge in [-0.3, -0.25) is 4.79 Å². The van der Waals surface area contributed by atoms with Gasteiger partial charge in [0, 0.05) is 31.8 Å². The van der Waals surface area contributed by atoms with Crippen molar-refractivity contribution in [2.75, 3.05) is 0 Å². The summed E-state index contributed by atoms with van der Waals surface area (Å²) < 4.78 is 0. The summed E-state index contributed by atoms with van der Waals surface area (Å²) in [5.74, 6) is 0.0675. The monoisotopic (exact) mass is 391 g/mol. The average Bonchev–Trinajstić information content (AvgIpc) is 2.69.